The first-order chi connectivity index (χ1) is 8.80. The van der Waals surface area contributed by atoms with Gasteiger partial charge in [0.2, 0.25) is 0 Å². The Labute approximate surface area is 112 Å². The number of rotatable bonds is 6. The van der Waals surface area contributed by atoms with E-state index < -0.39 is 0 Å². The topological polar surface area (TPSA) is 21.3 Å². The lowest BCUT2D eigenvalue weighted by Crippen LogP contribution is -2.42. The predicted octanol–water partition coefficient (Wildman–Crippen LogP) is 3.22. The third-order valence-corrected chi connectivity index (χ3v) is 5.86. The van der Waals surface area contributed by atoms with Crippen LogP contribution in [-0.2, 0) is 4.74 Å². The van der Waals surface area contributed by atoms with Crippen LogP contribution in [0.15, 0.2) is 0 Å². The van der Waals surface area contributed by atoms with Crippen molar-refractivity contribution in [1.29, 1.82) is 0 Å². The Kier molecular flexibility index (Phi) is 3.95. The second-order valence-corrected chi connectivity index (χ2v) is 6.88. The molecule has 2 bridgehead atoms. The highest BCUT2D eigenvalue weighted by Gasteiger charge is 2.44. The Morgan fingerprint density at radius 3 is 2.56 bits per heavy atom. The van der Waals surface area contributed by atoms with Gasteiger partial charge in [-0.3, -0.25) is 0 Å². The van der Waals surface area contributed by atoms with E-state index in [-0.39, 0.29) is 0 Å². The number of nitrogens with one attached hydrogen (secondary N) is 1. The molecule has 3 rings (SSSR count). The molecule has 18 heavy (non-hydrogen) atoms. The fourth-order valence-electron chi connectivity index (χ4n) is 4.89. The van der Waals surface area contributed by atoms with Crippen molar-refractivity contribution in [2.24, 2.45) is 23.7 Å². The van der Waals surface area contributed by atoms with E-state index in [1.165, 1.54) is 44.9 Å². The molecule has 1 N–H and O–H groups in total. The van der Waals surface area contributed by atoms with E-state index in [0.717, 1.165) is 36.3 Å². The van der Waals surface area contributed by atoms with E-state index in [2.05, 4.69) is 19.3 Å². The molecule has 0 amide bonds. The minimum Gasteiger partial charge on any atom is -0.378 e. The number of fused-ring (bicyclic) bond motifs is 2. The van der Waals surface area contributed by atoms with E-state index in [1.807, 2.05) is 0 Å². The van der Waals surface area contributed by atoms with Crippen molar-refractivity contribution >= 4 is 0 Å². The molecule has 0 spiro atoms. The molecular weight excluding hydrogens is 222 g/mol. The molecular formula is C16H29NO. The Morgan fingerprint density at radius 1 is 1.17 bits per heavy atom. The van der Waals surface area contributed by atoms with E-state index in [0.29, 0.717) is 6.10 Å². The highest BCUT2D eigenvalue weighted by atomic mass is 16.5. The van der Waals surface area contributed by atoms with Crippen LogP contribution in [0, 0.1) is 23.7 Å². The zero-order valence-electron chi connectivity index (χ0n) is 12.0. The summed E-state index contributed by atoms with van der Waals surface area (Å²) in [5.74, 6) is 4.04. The SMILES string of the molecule is CCOC1CC(CC(NC)C2CC3CCC2C3)C1. The molecule has 104 valence electrons. The lowest BCUT2D eigenvalue weighted by Gasteiger charge is -2.39. The fraction of sp³-hybridized carbons (Fsp3) is 1.00. The van der Waals surface area contributed by atoms with Gasteiger partial charge >= 0.3 is 0 Å². The van der Waals surface area contributed by atoms with Crippen molar-refractivity contribution in [1.82, 2.24) is 5.32 Å². The van der Waals surface area contributed by atoms with Gasteiger partial charge in [0.25, 0.3) is 0 Å². The van der Waals surface area contributed by atoms with E-state index >= 15 is 0 Å². The smallest absolute Gasteiger partial charge is 0.0580 e. The molecule has 0 aliphatic heterocycles. The van der Waals surface area contributed by atoms with Gasteiger partial charge in [0.15, 0.2) is 0 Å². The molecule has 2 nitrogen and oxygen atoms in total. The van der Waals surface area contributed by atoms with Crippen molar-refractivity contribution in [3.63, 3.8) is 0 Å². The predicted molar refractivity (Wildman–Crippen MR) is 74.5 cm³/mol. The third kappa shape index (κ3) is 2.46. The Hall–Kier alpha value is -0.0800. The monoisotopic (exact) mass is 251 g/mol. The van der Waals surface area contributed by atoms with E-state index in [4.69, 9.17) is 4.74 Å². The molecule has 0 radical (unpaired) electrons. The van der Waals surface area contributed by atoms with Crippen LogP contribution in [0.25, 0.3) is 0 Å². The van der Waals surface area contributed by atoms with Crippen molar-refractivity contribution in [2.75, 3.05) is 13.7 Å². The van der Waals surface area contributed by atoms with Gasteiger partial charge in [-0.2, -0.15) is 0 Å². The lowest BCUT2D eigenvalue weighted by molar-refractivity contribution is -0.0313. The van der Waals surface area contributed by atoms with Crippen molar-refractivity contribution in [3.05, 3.63) is 0 Å². The maximum atomic E-state index is 5.68. The molecule has 3 fully saturated rings. The van der Waals surface area contributed by atoms with Gasteiger partial charge in [0.05, 0.1) is 6.10 Å². The molecule has 0 saturated heterocycles. The van der Waals surface area contributed by atoms with Crippen LogP contribution in [-0.4, -0.2) is 25.8 Å². The molecule has 3 aliphatic rings. The summed E-state index contributed by atoms with van der Waals surface area (Å²) < 4.78 is 5.68. The fourth-order valence-corrected chi connectivity index (χ4v) is 4.89. The molecule has 3 aliphatic carbocycles. The summed E-state index contributed by atoms with van der Waals surface area (Å²) in [4.78, 5) is 0. The van der Waals surface area contributed by atoms with Crippen LogP contribution in [0.1, 0.15) is 51.9 Å². The van der Waals surface area contributed by atoms with Gasteiger partial charge in [-0.1, -0.05) is 6.42 Å². The quantitative estimate of drug-likeness (QED) is 0.782. The number of hydrogen-bond donors (Lipinski definition) is 1. The molecule has 4 atom stereocenters. The zero-order chi connectivity index (χ0) is 12.5. The molecule has 0 aromatic heterocycles. The summed E-state index contributed by atoms with van der Waals surface area (Å²) in [5.41, 5.74) is 0. The normalized spacial score (nSPS) is 44.0. The van der Waals surface area contributed by atoms with Crippen LogP contribution >= 0.6 is 0 Å². The first-order valence-corrected chi connectivity index (χ1v) is 8.09. The number of hydrogen-bond acceptors (Lipinski definition) is 2. The largest absolute Gasteiger partial charge is 0.378 e. The summed E-state index contributed by atoms with van der Waals surface area (Å²) in [6, 6.07) is 0.785. The highest BCUT2D eigenvalue weighted by Crippen LogP contribution is 2.50. The van der Waals surface area contributed by atoms with Gasteiger partial charge < -0.3 is 10.1 Å². The average molecular weight is 251 g/mol. The standard InChI is InChI=1S/C16H29NO/c1-3-18-14-7-12(8-14)10-16(17-2)15-9-11-4-5-13(15)6-11/h11-17H,3-10H2,1-2H3. The second-order valence-electron chi connectivity index (χ2n) is 6.88. The first kappa shape index (κ1) is 12.9. The van der Waals surface area contributed by atoms with Gasteiger partial charge in [0.1, 0.15) is 0 Å². The Morgan fingerprint density at radius 2 is 2.00 bits per heavy atom. The average Bonchev–Trinajstić information content (AvgIpc) is 2.94. The third-order valence-electron chi connectivity index (χ3n) is 5.86. The van der Waals surface area contributed by atoms with Gasteiger partial charge in [-0.15, -0.1) is 0 Å². The molecule has 0 aromatic carbocycles. The van der Waals surface area contributed by atoms with Crippen molar-refractivity contribution in [2.45, 2.75) is 64.0 Å². The van der Waals surface area contributed by atoms with E-state index in [1.54, 1.807) is 0 Å². The van der Waals surface area contributed by atoms with Gasteiger partial charge in [-0.25, -0.2) is 0 Å². The maximum Gasteiger partial charge on any atom is 0.0580 e. The molecule has 0 heterocycles. The molecule has 3 saturated carbocycles. The van der Waals surface area contributed by atoms with Crippen LogP contribution in [0.5, 0.6) is 0 Å². The van der Waals surface area contributed by atoms with Gasteiger partial charge in [-0.05, 0) is 76.2 Å². The van der Waals surface area contributed by atoms with Crippen molar-refractivity contribution in [3.8, 4) is 0 Å². The summed E-state index contributed by atoms with van der Waals surface area (Å²) in [6.07, 6.45) is 10.7. The van der Waals surface area contributed by atoms with E-state index in [9.17, 15) is 0 Å². The van der Waals surface area contributed by atoms with Crippen LogP contribution in [0.2, 0.25) is 0 Å². The lowest BCUT2D eigenvalue weighted by atomic mass is 9.73. The summed E-state index contributed by atoms with van der Waals surface area (Å²) in [6.45, 7) is 3.00. The zero-order valence-corrected chi connectivity index (χ0v) is 12.0. The van der Waals surface area contributed by atoms with Crippen LogP contribution < -0.4 is 5.32 Å². The first-order valence-electron chi connectivity index (χ1n) is 8.09. The maximum absolute atomic E-state index is 5.68. The Bertz CT molecular complexity index is 274. The van der Waals surface area contributed by atoms with Crippen molar-refractivity contribution < 1.29 is 4.74 Å². The van der Waals surface area contributed by atoms with Crippen LogP contribution in [0.3, 0.4) is 0 Å². The summed E-state index contributed by atoms with van der Waals surface area (Å²) in [5, 5.41) is 3.63. The minimum absolute atomic E-state index is 0.581. The van der Waals surface area contributed by atoms with Crippen LogP contribution in [0.4, 0.5) is 0 Å². The molecule has 0 aromatic rings. The molecule has 2 heteroatoms. The highest BCUT2D eigenvalue weighted by molar-refractivity contribution is 4.96. The summed E-state index contributed by atoms with van der Waals surface area (Å²) >= 11 is 0. The van der Waals surface area contributed by atoms with Gasteiger partial charge in [0, 0.05) is 12.6 Å². The number of ether oxygens (including phenoxy) is 1. The summed E-state index contributed by atoms with van der Waals surface area (Å²) in [7, 11) is 2.18. The minimum atomic E-state index is 0.581. The Balaban J connectivity index is 1.46. The molecule has 4 unspecified atom stereocenters. The second kappa shape index (κ2) is 5.50.